The summed E-state index contributed by atoms with van der Waals surface area (Å²) in [7, 11) is -0.943. The average molecular weight is 267 g/mol. The van der Waals surface area contributed by atoms with Gasteiger partial charge < -0.3 is 14.8 Å². The maximum absolute atomic E-state index is 12.5. The van der Waals surface area contributed by atoms with Crippen molar-refractivity contribution in [1.29, 1.82) is 0 Å². The van der Waals surface area contributed by atoms with Gasteiger partial charge in [0.25, 0.3) is 0 Å². The van der Waals surface area contributed by atoms with Crippen molar-refractivity contribution in [3.05, 3.63) is 18.2 Å². The molecule has 98 valence electrons. The topological polar surface area (TPSA) is 47.6 Å². The molecule has 0 spiro atoms. The van der Waals surface area contributed by atoms with Crippen LogP contribution in [0.25, 0.3) is 0 Å². The van der Waals surface area contributed by atoms with Gasteiger partial charge in [-0.15, -0.1) is 0 Å². The molecule has 2 heterocycles. The van der Waals surface area contributed by atoms with Crippen molar-refractivity contribution < 1.29 is 13.7 Å². The molecule has 0 radical (unpaired) electrons. The van der Waals surface area contributed by atoms with Gasteiger partial charge in [-0.05, 0) is 38.1 Å². The fourth-order valence-corrected chi connectivity index (χ4v) is 3.82. The van der Waals surface area contributed by atoms with E-state index in [1.54, 1.807) is 0 Å². The molecule has 2 aliphatic heterocycles. The van der Waals surface area contributed by atoms with Gasteiger partial charge in [0.2, 0.25) is 0 Å². The van der Waals surface area contributed by atoms with E-state index in [-0.39, 0.29) is 5.25 Å². The van der Waals surface area contributed by atoms with Crippen molar-refractivity contribution in [2.45, 2.75) is 23.0 Å². The number of piperidine rings is 1. The van der Waals surface area contributed by atoms with Crippen LogP contribution in [0.4, 0.5) is 0 Å². The zero-order valence-electron chi connectivity index (χ0n) is 10.2. The number of benzene rings is 1. The molecule has 1 saturated heterocycles. The van der Waals surface area contributed by atoms with Crippen LogP contribution in [0.3, 0.4) is 0 Å². The lowest BCUT2D eigenvalue weighted by molar-refractivity contribution is 0.171. The van der Waals surface area contributed by atoms with Crippen molar-refractivity contribution in [1.82, 2.24) is 5.32 Å². The summed E-state index contributed by atoms with van der Waals surface area (Å²) in [6.07, 6.45) is 1.95. The molecule has 2 aliphatic rings. The molecule has 1 fully saturated rings. The van der Waals surface area contributed by atoms with E-state index in [1.807, 2.05) is 18.2 Å². The first-order chi connectivity index (χ1) is 8.84. The molecule has 0 amide bonds. The number of fused-ring (bicyclic) bond motifs is 1. The summed E-state index contributed by atoms with van der Waals surface area (Å²) < 4.78 is 23.5. The predicted molar refractivity (Wildman–Crippen MR) is 69.7 cm³/mol. The van der Waals surface area contributed by atoms with Crippen molar-refractivity contribution in [3.8, 4) is 11.5 Å². The van der Waals surface area contributed by atoms with Crippen LogP contribution in [0.1, 0.15) is 12.8 Å². The van der Waals surface area contributed by atoms with Crippen LogP contribution in [0.2, 0.25) is 0 Å². The Kier molecular flexibility index (Phi) is 3.52. The standard InChI is InChI=1S/C13H17NO3S/c15-18(10-3-5-14-6-4-10)11-1-2-12-13(9-11)17-8-7-16-12/h1-2,9-10,14H,3-8H2. The van der Waals surface area contributed by atoms with E-state index in [9.17, 15) is 4.21 Å². The summed E-state index contributed by atoms with van der Waals surface area (Å²) in [6, 6.07) is 5.63. The second-order valence-electron chi connectivity index (χ2n) is 4.55. The highest BCUT2D eigenvalue weighted by molar-refractivity contribution is 7.85. The summed E-state index contributed by atoms with van der Waals surface area (Å²) in [4.78, 5) is 0.853. The van der Waals surface area contributed by atoms with Crippen LogP contribution >= 0.6 is 0 Å². The van der Waals surface area contributed by atoms with Crippen LogP contribution in [0.15, 0.2) is 23.1 Å². The minimum absolute atomic E-state index is 0.258. The molecule has 1 unspecified atom stereocenters. The Morgan fingerprint density at radius 1 is 1.11 bits per heavy atom. The van der Waals surface area contributed by atoms with Crippen molar-refractivity contribution in [3.63, 3.8) is 0 Å². The third-order valence-corrected chi connectivity index (χ3v) is 5.13. The highest BCUT2D eigenvalue weighted by Crippen LogP contribution is 2.32. The summed E-state index contributed by atoms with van der Waals surface area (Å²) in [5.74, 6) is 1.48. The minimum Gasteiger partial charge on any atom is -0.486 e. The SMILES string of the molecule is O=S(c1ccc2c(c1)OCCO2)C1CCNCC1. The maximum atomic E-state index is 12.5. The van der Waals surface area contributed by atoms with Crippen LogP contribution in [-0.4, -0.2) is 35.8 Å². The summed E-state index contributed by atoms with van der Waals surface area (Å²) in [5.41, 5.74) is 0. The molecule has 1 atom stereocenters. The van der Waals surface area contributed by atoms with Gasteiger partial charge in [-0.2, -0.15) is 0 Å². The van der Waals surface area contributed by atoms with Gasteiger partial charge in [-0.1, -0.05) is 0 Å². The van der Waals surface area contributed by atoms with Crippen LogP contribution in [-0.2, 0) is 10.8 Å². The molecule has 0 aromatic heterocycles. The molecule has 0 aliphatic carbocycles. The van der Waals surface area contributed by atoms with Crippen LogP contribution < -0.4 is 14.8 Å². The third kappa shape index (κ3) is 2.37. The quantitative estimate of drug-likeness (QED) is 0.878. The van der Waals surface area contributed by atoms with E-state index >= 15 is 0 Å². The van der Waals surface area contributed by atoms with Gasteiger partial charge >= 0.3 is 0 Å². The van der Waals surface area contributed by atoms with E-state index < -0.39 is 10.8 Å². The monoisotopic (exact) mass is 267 g/mol. The summed E-state index contributed by atoms with van der Waals surface area (Å²) >= 11 is 0. The first-order valence-corrected chi connectivity index (χ1v) is 7.57. The largest absolute Gasteiger partial charge is 0.486 e. The summed E-state index contributed by atoms with van der Waals surface area (Å²) in [6.45, 7) is 3.07. The summed E-state index contributed by atoms with van der Waals surface area (Å²) in [5, 5.41) is 3.55. The Labute approximate surface area is 109 Å². The van der Waals surface area contributed by atoms with Crippen molar-refractivity contribution >= 4 is 10.8 Å². The number of rotatable bonds is 2. The Bertz CT molecular complexity index is 458. The second-order valence-corrected chi connectivity index (χ2v) is 6.29. The zero-order chi connectivity index (χ0) is 12.4. The number of nitrogens with one attached hydrogen (secondary N) is 1. The molecule has 5 heteroatoms. The Hall–Kier alpha value is -1.07. The lowest BCUT2D eigenvalue weighted by atomic mass is 10.2. The maximum Gasteiger partial charge on any atom is 0.162 e. The smallest absolute Gasteiger partial charge is 0.162 e. The number of ether oxygens (including phenoxy) is 2. The van der Waals surface area contributed by atoms with Gasteiger partial charge in [0.1, 0.15) is 13.2 Å². The lowest BCUT2D eigenvalue weighted by Gasteiger charge is -2.23. The molecule has 0 saturated carbocycles. The van der Waals surface area contributed by atoms with Crippen molar-refractivity contribution in [2.24, 2.45) is 0 Å². The lowest BCUT2D eigenvalue weighted by Crippen LogP contribution is -2.33. The number of hydrogen-bond acceptors (Lipinski definition) is 4. The Morgan fingerprint density at radius 3 is 2.61 bits per heavy atom. The Balaban J connectivity index is 1.80. The van der Waals surface area contributed by atoms with Crippen molar-refractivity contribution in [2.75, 3.05) is 26.3 Å². The van der Waals surface area contributed by atoms with Gasteiger partial charge in [0.15, 0.2) is 11.5 Å². The molecular formula is C13H17NO3S. The molecule has 4 nitrogen and oxygen atoms in total. The van der Waals surface area contributed by atoms with E-state index in [1.165, 1.54) is 0 Å². The molecule has 1 aromatic carbocycles. The molecular weight excluding hydrogens is 250 g/mol. The first-order valence-electron chi connectivity index (χ1n) is 6.35. The van der Waals surface area contributed by atoms with Crippen LogP contribution in [0, 0.1) is 0 Å². The fourth-order valence-electron chi connectivity index (χ4n) is 2.35. The number of hydrogen-bond donors (Lipinski definition) is 1. The highest BCUT2D eigenvalue weighted by atomic mass is 32.2. The van der Waals surface area contributed by atoms with Gasteiger partial charge in [-0.3, -0.25) is 4.21 Å². The Morgan fingerprint density at radius 2 is 1.83 bits per heavy atom. The average Bonchev–Trinajstić information content (AvgIpc) is 2.47. The van der Waals surface area contributed by atoms with Gasteiger partial charge in [0.05, 0.1) is 10.8 Å². The molecule has 1 N–H and O–H groups in total. The van der Waals surface area contributed by atoms with E-state index in [2.05, 4.69) is 5.32 Å². The third-order valence-electron chi connectivity index (χ3n) is 3.33. The van der Waals surface area contributed by atoms with Gasteiger partial charge in [0, 0.05) is 16.2 Å². The van der Waals surface area contributed by atoms with E-state index in [0.29, 0.717) is 13.2 Å². The fraction of sp³-hybridized carbons (Fsp3) is 0.538. The van der Waals surface area contributed by atoms with Crippen LogP contribution in [0.5, 0.6) is 11.5 Å². The minimum atomic E-state index is -0.943. The first kappa shape index (κ1) is 12.0. The van der Waals surface area contributed by atoms with Gasteiger partial charge in [-0.25, -0.2) is 0 Å². The predicted octanol–water partition coefficient (Wildman–Crippen LogP) is 1.32. The molecule has 3 rings (SSSR count). The normalized spacial score (nSPS) is 21.6. The molecule has 0 bridgehead atoms. The molecule has 18 heavy (non-hydrogen) atoms. The second kappa shape index (κ2) is 5.28. The van der Waals surface area contributed by atoms with E-state index in [4.69, 9.17) is 9.47 Å². The zero-order valence-corrected chi connectivity index (χ0v) is 11.0. The molecule has 1 aromatic rings. The van der Waals surface area contributed by atoms with E-state index in [0.717, 1.165) is 42.3 Å². The highest BCUT2D eigenvalue weighted by Gasteiger charge is 2.22.